The molecule has 1 aliphatic heterocycles. The van der Waals surface area contributed by atoms with Gasteiger partial charge in [0.05, 0.1) is 0 Å². The van der Waals surface area contributed by atoms with Crippen LogP contribution in [-0.2, 0) is 42.9 Å². The molecule has 174 valence electrons. The number of ether oxygens (including phenoxy) is 5. The largest absolute Gasteiger partial charge is 0.463 e. The number of carbonyl (C=O) groups excluding carboxylic acids is 5. The fourth-order valence-corrected chi connectivity index (χ4v) is 3.14. The highest BCUT2D eigenvalue weighted by atomic mass is 16.7. The molecular formula is C21H25NO10. The molecule has 0 spiro atoms. The van der Waals surface area contributed by atoms with Crippen LogP contribution in [0.1, 0.15) is 38.1 Å². The molecule has 1 aliphatic rings. The molecule has 5 atom stereocenters. The van der Waals surface area contributed by atoms with Crippen molar-refractivity contribution in [3.8, 4) is 0 Å². The Morgan fingerprint density at radius 3 is 1.91 bits per heavy atom. The molecule has 1 aromatic rings. The highest BCUT2D eigenvalue weighted by Crippen LogP contribution is 2.28. The van der Waals surface area contributed by atoms with Crippen LogP contribution in [-0.4, -0.2) is 67.0 Å². The van der Waals surface area contributed by atoms with Gasteiger partial charge in [0.2, 0.25) is 6.29 Å². The molecule has 0 aromatic heterocycles. The maximum absolute atomic E-state index is 12.8. The van der Waals surface area contributed by atoms with E-state index in [-0.39, 0.29) is 12.2 Å². The maximum atomic E-state index is 12.8. The maximum Gasteiger partial charge on any atom is 0.305 e. The van der Waals surface area contributed by atoms with Crippen molar-refractivity contribution >= 4 is 29.8 Å². The molecule has 1 saturated heterocycles. The molecule has 1 heterocycles. The average molecular weight is 451 g/mol. The molecule has 11 heteroatoms. The van der Waals surface area contributed by atoms with E-state index >= 15 is 0 Å². The Labute approximate surface area is 184 Å². The van der Waals surface area contributed by atoms with Crippen molar-refractivity contribution in [2.75, 3.05) is 6.61 Å². The average Bonchev–Trinajstić information content (AvgIpc) is 2.70. The van der Waals surface area contributed by atoms with Crippen LogP contribution in [0.15, 0.2) is 30.3 Å². The van der Waals surface area contributed by atoms with Gasteiger partial charge in [0, 0.05) is 33.3 Å². The predicted octanol–water partition coefficient (Wildman–Crippen LogP) is 0.500. The van der Waals surface area contributed by atoms with Gasteiger partial charge < -0.3 is 29.0 Å². The van der Waals surface area contributed by atoms with Crippen LogP contribution in [0, 0.1) is 0 Å². The Hall–Kier alpha value is -3.47. The summed E-state index contributed by atoms with van der Waals surface area (Å²) in [5, 5.41) is 2.62. The van der Waals surface area contributed by atoms with Gasteiger partial charge >= 0.3 is 23.9 Å². The van der Waals surface area contributed by atoms with Gasteiger partial charge in [0.25, 0.3) is 5.91 Å². The Balaban J connectivity index is 2.44. The van der Waals surface area contributed by atoms with Crippen molar-refractivity contribution in [1.82, 2.24) is 5.32 Å². The van der Waals surface area contributed by atoms with Crippen LogP contribution in [0.3, 0.4) is 0 Å². The number of hydrogen-bond donors (Lipinski definition) is 1. The smallest absolute Gasteiger partial charge is 0.305 e. The molecule has 0 bridgehead atoms. The van der Waals surface area contributed by atoms with Gasteiger partial charge in [-0.2, -0.15) is 0 Å². The van der Waals surface area contributed by atoms with E-state index in [1.807, 2.05) is 0 Å². The summed E-state index contributed by atoms with van der Waals surface area (Å²) in [6.45, 7) is 4.16. The number of hydrogen-bond acceptors (Lipinski definition) is 10. The van der Waals surface area contributed by atoms with E-state index in [0.717, 1.165) is 20.8 Å². The number of amides is 1. The molecule has 1 amide bonds. The van der Waals surface area contributed by atoms with Crippen molar-refractivity contribution in [2.24, 2.45) is 0 Å². The third-order valence-corrected chi connectivity index (χ3v) is 4.32. The predicted molar refractivity (Wildman–Crippen MR) is 106 cm³/mol. The van der Waals surface area contributed by atoms with Crippen molar-refractivity contribution in [3.05, 3.63) is 35.9 Å². The zero-order valence-electron chi connectivity index (χ0n) is 18.1. The molecular weight excluding hydrogens is 426 g/mol. The molecule has 2 rings (SSSR count). The third kappa shape index (κ3) is 7.05. The summed E-state index contributed by atoms with van der Waals surface area (Å²) in [7, 11) is 0. The summed E-state index contributed by atoms with van der Waals surface area (Å²) in [6.07, 6.45) is -5.18. The summed E-state index contributed by atoms with van der Waals surface area (Å²) in [5.41, 5.74) is 0.279. The fourth-order valence-electron chi connectivity index (χ4n) is 3.14. The van der Waals surface area contributed by atoms with Crippen LogP contribution in [0.25, 0.3) is 0 Å². The molecule has 1 N–H and O–H groups in total. The SMILES string of the molecule is CC(=O)OC[C@H]1OC(OC(C)=O)[C@H](NC(=O)c2ccccc2)[C@@H](OC(C)=O)[C@@H]1OC(C)=O. The second-order valence-corrected chi connectivity index (χ2v) is 6.97. The van der Waals surface area contributed by atoms with E-state index in [9.17, 15) is 24.0 Å². The number of benzene rings is 1. The first-order chi connectivity index (χ1) is 15.1. The lowest BCUT2D eigenvalue weighted by atomic mass is 9.95. The van der Waals surface area contributed by atoms with E-state index in [1.54, 1.807) is 30.3 Å². The second kappa shape index (κ2) is 11.2. The highest BCUT2D eigenvalue weighted by Gasteiger charge is 2.52. The molecule has 11 nitrogen and oxygen atoms in total. The highest BCUT2D eigenvalue weighted by molar-refractivity contribution is 5.94. The molecule has 1 fully saturated rings. The first kappa shape index (κ1) is 24.8. The van der Waals surface area contributed by atoms with Gasteiger partial charge in [-0.1, -0.05) is 18.2 Å². The van der Waals surface area contributed by atoms with Gasteiger partial charge in [0.15, 0.2) is 12.2 Å². The quantitative estimate of drug-likeness (QED) is 0.460. The number of carbonyl (C=O) groups is 5. The standard InChI is InChI=1S/C21H25NO10/c1-11(23)28-10-16-18(29-12(2)24)19(30-13(3)25)17(21(32-16)31-14(4)26)22-20(27)15-8-6-5-7-9-15/h5-9,16-19,21H,10H2,1-4H3,(H,22,27)/t16-,17-,18-,19-,21?/m1/s1. The molecule has 0 saturated carbocycles. The monoisotopic (exact) mass is 451 g/mol. The van der Waals surface area contributed by atoms with Crippen molar-refractivity contribution in [1.29, 1.82) is 0 Å². The number of esters is 4. The molecule has 0 aliphatic carbocycles. The summed E-state index contributed by atoms with van der Waals surface area (Å²) >= 11 is 0. The number of nitrogens with one attached hydrogen (secondary N) is 1. The lowest BCUT2D eigenvalue weighted by Crippen LogP contribution is -2.67. The zero-order valence-corrected chi connectivity index (χ0v) is 18.1. The Bertz CT molecular complexity index is 855. The van der Waals surface area contributed by atoms with E-state index in [4.69, 9.17) is 23.7 Å². The van der Waals surface area contributed by atoms with E-state index in [1.165, 1.54) is 6.92 Å². The lowest BCUT2D eigenvalue weighted by Gasteiger charge is -2.44. The second-order valence-electron chi connectivity index (χ2n) is 6.97. The van der Waals surface area contributed by atoms with Gasteiger partial charge in [0.1, 0.15) is 18.8 Å². The topological polar surface area (TPSA) is 144 Å². The minimum Gasteiger partial charge on any atom is -0.463 e. The van der Waals surface area contributed by atoms with Crippen LogP contribution in [0.5, 0.6) is 0 Å². The molecule has 32 heavy (non-hydrogen) atoms. The Morgan fingerprint density at radius 1 is 0.812 bits per heavy atom. The molecule has 1 unspecified atom stereocenters. The van der Waals surface area contributed by atoms with Crippen LogP contribution in [0.2, 0.25) is 0 Å². The van der Waals surface area contributed by atoms with Gasteiger partial charge in [-0.15, -0.1) is 0 Å². The minimum absolute atomic E-state index is 0.279. The number of rotatable bonds is 7. The summed E-state index contributed by atoms with van der Waals surface area (Å²) < 4.78 is 26.5. The molecule has 0 radical (unpaired) electrons. The van der Waals surface area contributed by atoms with E-state index < -0.39 is 60.4 Å². The minimum atomic E-state index is -1.43. The van der Waals surface area contributed by atoms with E-state index in [0.29, 0.717) is 0 Å². The first-order valence-corrected chi connectivity index (χ1v) is 9.75. The first-order valence-electron chi connectivity index (χ1n) is 9.75. The summed E-state index contributed by atoms with van der Waals surface area (Å²) in [4.78, 5) is 59.3. The van der Waals surface area contributed by atoms with Crippen LogP contribution in [0.4, 0.5) is 0 Å². The van der Waals surface area contributed by atoms with Crippen molar-refractivity contribution < 1.29 is 47.7 Å². The van der Waals surface area contributed by atoms with Crippen molar-refractivity contribution in [2.45, 2.75) is 58.3 Å². The van der Waals surface area contributed by atoms with Gasteiger partial charge in [-0.05, 0) is 12.1 Å². The molecule has 1 aromatic carbocycles. The van der Waals surface area contributed by atoms with Crippen LogP contribution < -0.4 is 5.32 Å². The van der Waals surface area contributed by atoms with Gasteiger partial charge in [-0.25, -0.2) is 0 Å². The zero-order chi connectivity index (χ0) is 23.8. The Morgan fingerprint density at radius 2 is 1.38 bits per heavy atom. The fraction of sp³-hybridized carbons (Fsp3) is 0.476. The van der Waals surface area contributed by atoms with Crippen molar-refractivity contribution in [3.63, 3.8) is 0 Å². The third-order valence-electron chi connectivity index (χ3n) is 4.32. The van der Waals surface area contributed by atoms with Crippen LogP contribution >= 0.6 is 0 Å². The van der Waals surface area contributed by atoms with E-state index in [2.05, 4.69) is 5.32 Å². The lowest BCUT2D eigenvalue weighted by molar-refractivity contribution is -0.270. The Kier molecular flexibility index (Phi) is 8.71. The summed E-state index contributed by atoms with van der Waals surface area (Å²) in [6, 6.07) is 6.88. The normalized spacial score (nSPS) is 24.6. The summed E-state index contributed by atoms with van der Waals surface area (Å²) in [5.74, 6) is -3.44. The van der Waals surface area contributed by atoms with Gasteiger partial charge in [-0.3, -0.25) is 24.0 Å².